The van der Waals surface area contributed by atoms with Gasteiger partial charge in [-0.15, -0.1) is 11.3 Å². The lowest BCUT2D eigenvalue weighted by atomic mass is 10.2. The van der Waals surface area contributed by atoms with Gasteiger partial charge in [-0.2, -0.15) is 0 Å². The van der Waals surface area contributed by atoms with Crippen LogP contribution in [-0.2, 0) is 6.54 Å². The van der Waals surface area contributed by atoms with Gasteiger partial charge in [0.1, 0.15) is 10.8 Å². The lowest BCUT2D eigenvalue weighted by Gasteiger charge is -2.07. The van der Waals surface area contributed by atoms with Crippen LogP contribution >= 0.6 is 27.3 Å². The second kappa shape index (κ2) is 5.66. The Kier molecular flexibility index (Phi) is 4.16. The van der Waals surface area contributed by atoms with Gasteiger partial charge in [-0.05, 0) is 35.0 Å². The van der Waals surface area contributed by atoms with E-state index in [0.29, 0.717) is 16.6 Å². The number of benzene rings is 1. The number of nitrogens with one attached hydrogen (secondary N) is 1. The quantitative estimate of drug-likeness (QED) is 0.842. The summed E-state index contributed by atoms with van der Waals surface area (Å²) in [6.45, 7) is 2.28. The number of hydrogen-bond donors (Lipinski definition) is 2. The number of nitrogen functional groups attached to an aromatic ring is 1. The fourth-order valence-corrected chi connectivity index (χ4v) is 2.70. The predicted molar refractivity (Wildman–Crippen MR) is 76.5 cm³/mol. The van der Waals surface area contributed by atoms with Crippen molar-refractivity contribution in [3.63, 3.8) is 0 Å². The van der Waals surface area contributed by atoms with Gasteiger partial charge >= 0.3 is 0 Å². The van der Waals surface area contributed by atoms with E-state index in [1.165, 1.54) is 23.5 Å². The number of carbonyl (C=O) groups excluding carboxylic acids is 1. The molecule has 0 aliphatic rings. The van der Waals surface area contributed by atoms with E-state index in [4.69, 9.17) is 5.73 Å². The van der Waals surface area contributed by atoms with Gasteiger partial charge in [0.25, 0.3) is 5.91 Å². The lowest BCUT2D eigenvalue weighted by molar-refractivity contribution is 0.0950. The summed E-state index contributed by atoms with van der Waals surface area (Å²) in [4.78, 5) is 17.2. The van der Waals surface area contributed by atoms with Crippen molar-refractivity contribution in [2.75, 3.05) is 5.73 Å². The number of aryl methyl sites for hydroxylation is 1. The molecule has 0 aliphatic heterocycles. The maximum Gasteiger partial charge on any atom is 0.252 e. The highest BCUT2D eigenvalue weighted by atomic mass is 79.9. The van der Waals surface area contributed by atoms with E-state index >= 15 is 0 Å². The Morgan fingerprint density at radius 2 is 2.32 bits per heavy atom. The third-order valence-corrected chi connectivity index (χ3v) is 3.97. The van der Waals surface area contributed by atoms with Crippen LogP contribution < -0.4 is 11.1 Å². The van der Waals surface area contributed by atoms with E-state index in [1.54, 1.807) is 6.20 Å². The van der Waals surface area contributed by atoms with Gasteiger partial charge in [0.2, 0.25) is 0 Å². The zero-order valence-corrected chi connectivity index (χ0v) is 12.4. The maximum atomic E-state index is 13.2. The SMILES string of the molecule is Cc1cnc(CNC(=O)c2cc(N)c(F)cc2Br)s1. The van der Waals surface area contributed by atoms with Crippen LogP contribution in [-0.4, -0.2) is 10.9 Å². The molecule has 4 nitrogen and oxygen atoms in total. The Balaban J connectivity index is 2.10. The zero-order chi connectivity index (χ0) is 14.0. The molecule has 0 spiro atoms. The average molecular weight is 344 g/mol. The predicted octanol–water partition coefficient (Wildman–Crippen LogP) is 2.87. The molecule has 3 N–H and O–H groups in total. The first-order valence-electron chi connectivity index (χ1n) is 5.41. The van der Waals surface area contributed by atoms with Crippen LogP contribution in [0.1, 0.15) is 20.2 Å². The molecule has 2 aromatic rings. The Morgan fingerprint density at radius 3 is 2.95 bits per heavy atom. The standard InChI is InChI=1S/C12H11BrFN3OS/c1-6-4-16-11(19-6)5-17-12(18)7-2-10(15)9(14)3-8(7)13/h2-4H,5,15H2,1H3,(H,17,18). The molecule has 0 fully saturated rings. The summed E-state index contributed by atoms with van der Waals surface area (Å²) in [5, 5.41) is 3.53. The number of nitrogens with zero attached hydrogens (tertiary/aromatic N) is 1. The van der Waals surface area contributed by atoms with Crippen LogP contribution in [0.25, 0.3) is 0 Å². The molecule has 7 heteroatoms. The van der Waals surface area contributed by atoms with Gasteiger partial charge in [-0.25, -0.2) is 9.37 Å². The first kappa shape index (κ1) is 14.0. The van der Waals surface area contributed by atoms with Crippen molar-refractivity contribution < 1.29 is 9.18 Å². The molecule has 1 amide bonds. The van der Waals surface area contributed by atoms with Gasteiger partial charge in [0, 0.05) is 15.5 Å². The molecule has 0 unspecified atom stereocenters. The van der Waals surface area contributed by atoms with Gasteiger partial charge in [-0.1, -0.05) is 0 Å². The number of rotatable bonds is 3. The molecule has 2 rings (SSSR count). The highest BCUT2D eigenvalue weighted by Crippen LogP contribution is 2.23. The minimum atomic E-state index is -0.557. The summed E-state index contributed by atoms with van der Waals surface area (Å²) >= 11 is 4.66. The highest BCUT2D eigenvalue weighted by Gasteiger charge is 2.13. The molecule has 1 aromatic heterocycles. The molecule has 0 saturated heterocycles. The Morgan fingerprint density at radius 1 is 1.58 bits per heavy atom. The van der Waals surface area contributed by atoms with E-state index in [1.807, 2.05) is 6.92 Å². The van der Waals surface area contributed by atoms with Crippen molar-refractivity contribution in [3.8, 4) is 0 Å². The van der Waals surface area contributed by atoms with E-state index in [0.717, 1.165) is 9.88 Å². The summed E-state index contributed by atoms with van der Waals surface area (Å²) in [6.07, 6.45) is 1.75. The van der Waals surface area contributed by atoms with Gasteiger partial charge in [0.15, 0.2) is 0 Å². The fraction of sp³-hybridized carbons (Fsp3) is 0.167. The summed E-state index contributed by atoms with van der Waals surface area (Å²) < 4.78 is 13.5. The smallest absolute Gasteiger partial charge is 0.252 e. The largest absolute Gasteiger partial charge is 0.396 e. The fourth-order valence-electron chi connectivity index (χ4n) is 1.47. The second-order valence-electron chi connectivity index (χ2n) is 3.90. The van der Waals surface area contributed by atoms with Crippen molar-refractivity contribution in [2.45, 2.75) is 13.5 Å². The third-order valence-electron chi connectivity index (χ3n) is 2.40. The molecule has 0 aliphatic carbocycles. The number of hydrogen-bond acceptors (Lipinski definition) is 4. The highest BCUT2D eigenvalue weighted by molar-refractivity contribution is 9.10. The number of amides is 1. The van der Waals surface area contributed by atoms with Gasteiger partial charge < -0.3 is 11.1 Å². The number of aromatic nitrogens is 1. The summed E-state index contributed by atoms with van der Waals surface area (Å²) in [5.74, 6) is -0.884. The second-order valence-corrected chi connectivity index (χ2v) is 6.07. The summed E-state index contributed by atoms with van der Waals surface area (Å²) in [7, 11) is 0. The molecule has 1 aromatic carbocycles. The first-order valence-corrected chi connectivity index (χ1v) is 7.02. The Bertz CT molecular complexity index is 629. The van der Waals surface area contributed by atoms with E-state index in [-0.39, 0.29) is 11.6 Å². The number of thiazole rings is 1. The van der Waals surface area contributed by atoms with Crippen LogP contribution in [0.5, 0.6) is 0 Å². The number of anilines is 1. The van der Waals surface area contributed by atoms with Crippen molar-refractivity contribution in [3.05, 3.63) is 44.1 Å². The molecule has 0 atom stereocenters. The summed E-state index contributed by atoms with van der Waals surface area (Å²) in [6, 6.07) is 2.49. The number of carbonyl (C=O) groups is 1. The minimum absolute atomic E-state index is 0.0570. The monoisotopic (exact) mass is 343 g/mol. The molecule has 0 bridgehead atoms. The van der Waals surface area contributed by atoms with Crippen LogP contribution in [0.15, 0.2) is 22.8 Å². The Hall–Kier alpha value is -1.47. The van der Waals surface area contributed by atoms with Crippen LogP contribution in [0.4, 0.5) is 10.1 Å². The van der Waals surface area contributed by atoms with E-state index < -0.39 is 5.82 Å². The minimum Gasteiger partial charge on any atom is -0.396 e. The van der Waals surface area contributed by atoms with Crippen molar-refractivity contribution >= 4 is 38.9 Å². The molecule has 0 saturated carbocycles. The topological polar surface area (TPSA) is 68.0 Å². The van der Waals surface area contributed by atoms with Crippen molar-refractivity contribution in [1.29, 1.82) is 0 Å². The van der Waals surface area contributed by atoms with Crippen molar-refractivity contribution in [2.24, 2.45) is 0 Å². The molecule has 0 radical (unpaired) electrons. The molecular weight excluding hydrogens is 333 g/mol. The van der Waals surface area contributed by atoms with Crippen LogP contribution in [0.2, 0.25) is 0 Å². The number of nitrogens with two attached hydrogens (primary N) is 1. The first-order chi connectivity index (χ1) is 8.97. The van der Waals surface area contributed by atoms with Crippen LogP contribution in [0.3, 0.4) is 0 Å². The Labute approximate surface area is 122 Å². The molecule has 1 heterocycles. The lowest BCUT2D eigenvalue weighted by Crippen LogP contribution is -2.23. The summed E-state index contributed by atoms with van der Waals surface area (Å²) in [5.41, 5.74) is 5.69. The van der Waals surface area contributed by atoms with Gasteiger partial charge in [-0.3, -0.25) is 4.79 Å². The number of halogens is 2. The molecule has 19 heavy (non-hydrogen) atoms. The average Bonchev–Trinajstić information content (AvgIpc) is 2.77. The van der Waals surface area contributed by atoms with Gasteiger partial charge in [0.05, 0.1) is 17.8 Å². The maximum absolute atomic E-state index is 13.2. The third kappa shape index (κ3) is 3.30. The van der Waals surface area contributed by atoms with E-state index in [9.17, 15) is 9.18 Å². The van der Waals surface area contributed by atoms with Crippen LogP contribution in [0, 0.1) is 12.7 Å². The molecular formula is C12H11BrFN3OS. The molecule has 100 valence electrons. The van der Waals surface area contributed by atoms with E-state index in [2.05, 4.69) is 26.2 Å². The zero-order valence-electron chi connectivity index (χ0n) is 10.0. The normalized spacial score (nSPS) is 10.5. The van der Waals surface area contributed by atoms with Crippen molar-refractivity contribution in [1.82, 2.24) is 10.3 Å².